The summed E-state index contributed by atoms with van der Waals surface area (Å²) in [6.45, 7) is 8.31. The van der Waals surface area contributed by atoms with Crippen molar-refractivity contribution in [1.29, 1.82) is 0 Å². The van der Waals surface area contributed by atoms with Crippen LogP contribution in [0.1, 0.15) is 44.5 Å². The number of benzene rings is 4. The van der Waals surface area contributed by atoms with Crippen LogP contribution in [-0.4, -0.2) is 6.29 Å². The van der Waals surface area contributed by atoms with Crippen molar-refractivity contribution in [2.24, 2.45) is 0 Å². The molecule has 176 valence electrons. The van der Waals surface area contributed by atoms with Gasteiger partial charge in [0, 0.05) is 11.1 Å². The summed E-state index contributed by atoms with van der Waals surface area (Å²) in [6.07, 6.45) is 1.30. The van der Waals surface area contributed by atoms with Gasteiger partial charge in [0.05, 0.1) is 0 Å². The Morgan fingerprint density at radius 2 is 0.943 bits per heavy atom. The van der Waals surface area contributed by atoms with E-state index in [9.17, 15) is 0 Å². The largest absolute Gasteiger partial charge is 0.303 e. The lowest BCUT2D eigenvalue weighted by Crippen LogP contribution is -2.29. The summed E-state index contributed by atoms with van der Waals surface area (Å²) in [7, 11) is 0. The average molecular weight is 463 g/mol. The summed E-state index contributed by atoms with van der Waals surface area (Å²) in [5.41, 5.74) is 9.75. The average Bonchev–Trinajstić information content (AvgIpc) is 3.30. The highest BCUT2D eigenvalue weighted by Gasteiger charge is 2.46. The van der Waals surface area contributed by atoms with Gasteiger partial charge in [0.25, 0.3) is 5.79 Å². The molecule has 1 saturated heterocycles. The van der Waals surface area contributed by atoms with E-state index in [0.29, 0.717) is 0 Å². The molecule has 0 amide bonds. The minimum absolute atomic E-state index is 0.699. The molecule has 0 bridgehead atoms. The van der Waals surface area contributed by atoms with Crippen LogP contribution in [0.5, 0.6) is 0 Å². The zero-order valence-electron chi connectivity index (χ0n) is 20.6. The molecule has 0 aliphatic carbocycles. The normalized spacial score (nSPS) is 16.7. The van der Waals surface area contributed by atoms with Crippen LogP contribution >= 0.6 is 0 Å². The molecule has 35 heavy (non-hydrogen) atoms. The van der Waals surface area contributed by atoms with E-state index in [2.05, 4.69) is 100 Å². The van der Waals surface area contributed by atoms with Gasteiger partial charge in [-0.2, -0.15) is 9.78 Å². The standard InChI is InChI=1S/C32H30O3/c1-22-5-13-26(14-6-22)30(27-15-7-23(2)8-16-27)21-31-33-32(35-34-31,28-17-9-24(3)10-18-28)29-19-11-25(4)12-20-29/h5-21,31H,1-4H3. The third kappa shape index (κ3) is 4.85. The van der Waals surface area contributed by atoms with Gasteiger partial charge in [-0.05, 0) is 50.5 Å². The third-order valence-corrected chi connectivity index (χ3v) is 6.43. The molecule has 1 aliphatic rings. The Bertz CT molecular complexity index is 1220. The highest BCUT2D eigenvalue weighted by atomic mass is 17.3. The molecule has 0 spiro atoms. The molecule has 4 aromatic rings. The molecule has 5 rings (SSSR count). The summed E-state index contributed by atoms with van der Waals surface area (Å²) in [5.74, 6) is -1.16. The fourth-order valence-corrected chi connectivity index (χ4v) is 4.29. The second-order valence-electron chi connectivity index (χ2n) is 9.33. The minimum Gasteiger partial charge on any atom is -0.303 e. The monoisotopic (exact) mass is 462 g/mol. The van der Waals surface area contributed by atoms with E-state index in [1.54, 1.807) is 0 Å². The topological polar surface area (TPSA) is 27.7 Å². The number of rotatable bonds is 5. The fourth-order valence-electron chi connectivity index (χ4n) is 4.29. The zero-order chi connectivity index (χ0) is 24.4. The molecule has 0 aromatic heterocycles. The van der Waals surface area contributed by atoms with Crippen molar-refractivity contribution in [3.63, 3.8) is 0 Å². The highest BCUT2D eigenvalue weighted by molar-refractivity contribution is 5.80. The number of hydrogen-bond donors (Lipinski definition) is 0. The first-order valence-electron chi connectivity index (χ1n) is 12.0. The predicted molar refractivity (Wildman–Crippen MR) is 140 cm³/mol. The third-order valence-electron chi connectivity index (χ3n) is 6.43. The molecule has 3 nitrogen and oxygen atoms in total. The van der Waals surface area contributed by atoms with Crippen LogP contribution in [0, 0.1) is 27.7 Å². The van der Waals surface area contributed by atoms with E-state index in [0.717, 1.165) is 27.8 Å². The maximum atomic E-state index is 6.60. The Morgan fingerprint density at radius 3 is 1.34 bits per heavy atom. The van der Waals surface area contributed by atoms with E-state index in [4.69, 9.17) is 14.5 Å². The summed E-state index contributed by atoms with van der Waals surface area (Å²) < 4.78 is 6.60. The molecule has 1 unspecified atom stereocenters. The lowest BCUT2D eigenvalue weighted by molar-refractivity contribution is -0.319. The van der Waals surface area contributed by atoms with Crippen molar-refractivity contribution < 1.29 is 14.5 Å². The fraction of sp³-hybridized carbons (Fsp3) is 0.188. The SMILES string of the molecule is Cc1ccc(C(=CC2OOC(c3ccc(C)cc3)(c3ccc(C)cc3)O2)c2ccc(C)cc2)cc1. The molecule has 1 fully saturated rings. The second-order valence-corrected chi connectivity index (χ2v) is 9.33. The van der Waals surface area contributed by atoms with Crippen LogP contribution in [0.2, 0.25) is 0 Å². The minimum atomic E-state index is -1.16. The van der Waals surface area contributed by atoms with Crippen LogP contribution in [0.25, 0.3) is 5.57 Å². The quantitative estimate of drug-likeness (QED) is 0.287. The van der Waals surface area contributed by atoms with E-state index in [1.165, 1.54) is 22.3 Å². The number of ether oxygens (including phenoxy) is 1. The first kappa shape index (κ1) is 23.3. The van der Waals surface area contributed by atoms with E-state index in [-0.39, 0.29) is 0 Å². The molecule has 3 heteroatoms. The van der Waals surface area contributed by atoms with Gasteiger partial charge in [0.2, 0.25) is 6.29 Å². The number of hydrogen-bond acceptors (Lipinski definition) is 3. The Balaban J connectivity index is 1.57. The van der Waals surface area contributed by atoms with Crippen molar-refractivity contribution in [1.82, 2.24) is 0 Å². The van der Waals surface area contributed by atoms with Crippen molar-refractivity contribution in [2.45, 2.75) is 39.8 Å². The van der Waals surface area contributed by atoms with Gasteiger partial charge in [0.1, 0.15) is 0 Å². The van der Waals surface area contributed by atoms with Gasteiger partial charge in [-0.15, -0.1) is 0 Å². The molecule has 1 aliphatic heterocycles. The van der Waals surface area contributed by atoms with E-state index < -0.39 is 12.1 Å². The van der Waals surface area contributed by atoms with Crippen LogP contribution in [0.3, 0.4) is 0 Å². The van der Waals surface area contributed by atoms with Gasteiger partial charge < -0.3 is 4.74 Å². The second kappa shape index (κ2) is 9.63. The Hall–Kier alpha value is -3.50. The lowest BCUT2D eigenvalue weighted by Gasteiger charge is -2.26. The van der Waals surface area contributed by atoms with Gasteiger partial charge >= 0.3 is 0 Å². The Morgan fingerprint density at radius 1 is 0.571 bits per heavy atom. The van der Waals surface area contributed by atoms with E-state index in [1.807, 2.05) is 30.3 Å². The molecule has 0 saturated carbocycles. The maximum Gasteiger partial charge on any atom is 0.256 e. The van der Waals surface area contributed by atoms with Crippen LogP contribution in [-0.2, 0) is 20.3 Å². The molecule has 1 atom stereocenters. The maximum absolute atomic E-state index is 6.60. The first-order chi connectivity index (χ1) is 16.9. The predicted octanol–water partition coefficient (Wildman–Crippen LogP) is 7.56. The highest BCUT2D eigenvalue weighted by Crippen LogP contribution is 2.42. The van der Waals surface area contributed by atoms with Crippen LogP contribution in [0.4, 0.5) is 0 Å². The Kier molecular flexibility index (Phi) is 6.40. The van der Waals surface area contributed by atoms with Gasteiger partial charge in [-0.25, -0.2) is 0 Å². The molecule has 0 radical (unpaired) electrons. The summed E-state index contributed by atoms with van der Waals surface area (Å²) in [5, 5.41) is 0. The zero-order valence-corrected chi connectivity index (χ0v) is 20.6. The molecule has 4 aromatic carbocycles. The smallest absolute Gasteiger partial charge is 0.256 e. The lowest BCUT2D eigenvalue weighted by atomic mass is 9.95. The summed E-state index contributed by atoms with van der Waals surface area (Å²) >= 11 is 0. The molecule has 1 heterocycles. The van der Waals surface area contributed by atoms with Crippen molar-refractivity contribution in [3.05, 3.63) is 148 Å². The van der Waals surface area contributed by atoms with Crippen molar-refractivity contribution in [3.8, 4) is 0 Å². The number of aryl methyl sites for hydroxylation is 4. The van der Waals surface area contributed by atoms with Crippen LogP contribution in [0.15, 0.2) is 103 Å². The molecular formula is C32H30O3. The van der Waals surface area contributed by atoms with Crippen molar-refractivity contribution >= 4 is 5.57 Å². The van der Waals surface area contributed by atoms with Gasteiger partial charge in [-0.1, -0.05) is 119 Å². The molecular weight excluding hydrogens is 432 g/mol. The van der Waals surface area contributed by atoms with Crippen LogP contribution < -0.4 is 0 Å². The van der Waals surface area contributed by atoms with Gasteiger partial charge in [-0.3, -0.25) is 0 Å². The Labute approximate surface area is 207 Å². The summed E-state index contributed by atoms with van der Waals surface area (Å²) in [6, 6.07) is 33.4. The van der Waals surface area contributed by atoms with E-state index >= 15 is 0 Å². The van der Waals surface area contributed by atoms with Crippen molar-refractivity contribution in [2.75, 3.05) is 0 Å². The molecule has 0 N–H and O–H groups in total. The first-order valence-corrected chi connectivity index (χ1v) is 12.0. The van der Waals surface area contributed by atoms with Gasteiger partial charge in [0.15, 0.2) is 0 Å². The summed E-state index contributed by atoms with van der Waals surface area (Å²) in [4.78, 5) is 11.9.